The molecule has 126 valence electrons. The molecular formula is C19H28N2O2. The van der Waals surface area contributed by atoms with Crippen LogP contribution in [0.3, 0.4) is 0 Å². The van der Waals surface area contributed by atoms with Gasteiger partial charge in [-0.05, 0) is 43.7 Å². The van der Waals surface area contributed by atoms with Gasteiger partial charge in [-0.2, -0.15) is 0 Å². The first-order valence-electron chi connectivity index (χ1n) is 9.27. The van der Waals surface area contributed by atoms with Crippen LogP contribution in [0.2, 0.25) is 0 Å². The summed E-state index contributed by atoms with van der Waals surface area (Å²) in [5.41, 5.74) is 1.16. The molecule has 3 atom stereocenters. The minimum absolute atomic E-state index is 0.258. The van der Waals surface area contributed by atoms with Crippen LogP contribution in [0.15, 0.2) is 24.4 Å². The highest BCUT2D eigenvalue weighted by atomic mass is 16.5. The molecule has 0 bridgehead atoms. The predicted octanol–water partition coefficient (Wildman–Crippen LogP) is 3.02. The molecule has 2 aliphatic carbocycles. The first kappa shape index (κ1) is 15.6. The topological polar surface area (TPSA) is 34.6 Å². The van der Waals surface area contributed by atoms with Crippen LogP contribution in [0.25, 0.3) is 0 Å². The number of fused-ring (bicyclic) bond motifs is 1. The Morgan fingerprint density at radius 2 is 2.09 bits per heavy atom. The van der Waals surface area contributed by atoms with Crippen molar-refractivity contribution >= 4 is 0 Å². The standard InChI is InChI=1S/C19H28N2O2/c1-2-6-15(5-1)14-23-18-9-8-17-19(18)22-12-11-21(17)13-16-7-3-4-10-20-16/h3-4,7,10,15,17-19H,1-2,5-6,8-9,11-14H2/t17-,18+,19+/m0/s1. The third-order valence-electron chi connectivity index (χ3n) is 5.76. The maximum absolute atomic E-state index is 6.29. The number of hydrogen-bond donors (Lipinski definition) is 0. The third kappa shape index (κ3) is 3.59. The van der Waals surface area contributed by atoms with E-state index in [0.29, 0.717) is 12.1 Å². The minimum Gasteiger partial charge on any atom is -0.375 e. The van der Waals surface area contributed by atoms with Crippen LogP contribution >= 0.6 is 0 Å². The van der Waals surface area contributed by atoms with Gasteiger partial charge in [0.15, 0.2) is 0 Å². The van der Waals surface area contributed by atoms with E-state index in [9.17, 15) is 0 Å². The van der Waals surface area contributed by atoms with Crippen molar-refractivity contribution in [3.63, 3.8) is 0 Å². The van der Waals surface area contributed by atoms with Gasteiger partial charge in [0.2, 0.25) is 0 Å². The fourth-order valence-corrected chi connectivity index (χ4v) is 4.50. The highest BCUT2D eigenvalue weighted by Crippen LogP contribution is 2.34. The Bertz CT molecular complexity index is 489. The first-order valence-corrected chi connectivity index (χ1v) is 9.27. The monoisotopic (exact) mass is 316 g/mol. The molecule has 0 unspecified atom stereocenters. The van der Waals surface area contributed by atoms with Crippen molar-refractivity contribution in [2.24, 2.45) is 5.92 Å². The summed E-state index contributed by atoms with van der Waals surface area (Å²) in [5.74, 6) is 0.794. The van der Waals surface area contributed by atoms with Crippen molar-refractivity contribution in [1.82, 2.24) is 9.88 Å². The summed E-state index contributed by atoms with van der Waals surface area (Å²) in [7, 11) is 0. The number of pyridine rings is 1. The molecule has 1 aliphatic heterocycles. The molecule has 4 rings (SSSR count). The molecule has 3 fully saturated rings. The number of aromatic nitrogens is 1. The number of morpholine rings is 1. The normalized spacial score (nSPS) is 32.3. The second-order valence-corrected chi connectivity index (χ2v) is 7.29. The maximum Gasteiger partial charge on any atom is 0.0992 e. The van der Waals surface area contributed by atoms with Crippen molar-refractivity contribution in [2.45, 2.75) is 63.3 Å². The molecule has 4 nitrogen and oxygen atoms in total. The molecule has 2 heterocycles. The predicted molar refractivity (Wildman–Crippen MR) is 89.1 cm³/mol. The van der Waals surface area contributed by atoms with Gasteiger partial charge in [-0.3, -0.25) is 9.88 Å². The van der Waals surface area contributed by atoms with Gasteiger partial charge in [0, 0.05) is 31.9 Å². The fraction of sp³-hybridized carbons (Fsp3) is 0.737. The lowest BCUT2D eigenvalue weighted by Gasteiger charge is -2.39. The van der Waals surface area contributed by atoms with Crippen molar-refractivity contribution in [3.8, 4) is 0 Å². The molecule has 0 amide bonds. The zero-order chi connectivity index (χ0) is 15.5. The smallest absolute Gasteiger partial charge is 0.0992 e. The van der Waals surface area contributed by atoms with E-state index in [2.05, 4.69) is 22.0 Å². The van der Waals surface area contributed by atoms with Crippen LogP contribution in [-0.4, -0.2) is 47.9 Å². The average molecular weight is 316 g/mol. The highest BCUT2D eigenvalue weighted by molar-refractivity contribution is 5.05. The van der Waals surface area contributed by atoms with E-state index in [1.165, 1.54) is 32.1 Å². The molecule has 2 saturated carbocycles. The van der Waals surface area contributed by atoms with Crippen LogP contribution in [0.4, 0.5) is 0 Å². The average Bonchev–Trinajstić information content (AvgIpc) is 3.24. The molecule has 0 spiro atoms. The summed E-state index contributed by atoms with van der Waals surface area (Å²) < 4.78 is 12.4. The molecule has 3 aliphatic rings. The molecule has 1 aromatic heterocycles. The van der Waals surface area contributed by atoms with Crippen molar-refractivity contribution in [1.29, 1.82) is 0 Å². The van der Waals surface area contributed by atoms with Gasteiger partial charge >= 0.3 is 0 Å². The number of hydrogen-bond acceptors (Lipinski definition) is 4. The summed E-state index contributed by atoms with van der Waals surface area (Å²) in [4.78, 5) is 7.03. The Kier molecular flexibility index (Phi) is 4.93. The van der Waals surface area contributed by atoms with E-state index >= 15 is 0 Å². The SMILES string of the molecule is c1ccc(CN2CCO[C@H]3[C@H](OCC4CCCC4)CC[C@@H]32)nc1. The molecular weight excluding hydrogens is 288 g/mol. The zero-order valence-corrected chi connectivity index (χ0v) is 13.9. The van der Waals surface area contributed by atoms with Gasteiger partial charge in [0.25, 0.3) is 0 Å². The quantitative estimate of drug-likeness (QED) is 0.836. The fourth-order valence-electron chi connectivity index (χ4n) is 4.50. The van der Waals surface area contributed by atoms with Crippen LogP contribution < -0.4 is 0 Å². The van der Waals surface area contributed by atoms with Crippen LogP contribution in [0.1, 0.15) is 44.2 Å². The summed E-state index contributed by atoms with van der Waals surface area (Å²) in [6.07, 6.45) is 10.3. The van der Waals surface area contributed by atoms with Crippen LogP contribution in [0.5, 0.6) is 0 Å². The van der Waals surface area contributed by atoms with E-state index in [1.807, 2.05) is 12.3 Å². The van der Waals surface area contributed by atoms with Crippen LogP contribution in [-0.2, 0) is 16.0 Å². The molecule has 0 N–H and O–H groups in total. The Hall–Kier alpha value is -0.970. The van der Waals surface area contributed by atoms with Gasteiger partial charge in [-0.25, -0.2) is 0 Å². The lowest BCUT2D eigenvalue weighted by Crippen LogP contribution is -2.51. The summed E-state index contributed by atoms with van der Waals surface area (Å²) in [6, 6.07) is 6.67. The Labute approximate surface area is 139 Å². The molecule has 4 heteroatoms. The van der Waals surface area contributed by atoms with E-state index in [-0.39, 0.29) is 6.10 Å². The van der Waals surface area contributed by atoms with Crippen molar-refractivity contribution in [2.75, 3.05) is 19.8 Å². The summed E-state index contributed by atoms with van der Waals surface area (Å²) in [6.45, 7) is 3.70. The second-order valence-electron chi connectivity index (χ2n) is 7.29. The summed E-state index contributed by atoms with van der Waals surface area (Å²) in [5, 5.41) is 0. The van der Waals surface area contributed by atoms with E-state index < -0.39 is 0 Å². The molecule has 23 heavy (non-hydrogen) atoms. The van der Waals surface area contributed by atoms with E-state index in [0.717, 1.165) is 44.3 Å². The van der Waals surface area contributed by atoms with Gasteiger partial charge in [-0.15, -0.1) is 0 Å². The number of ether oxygens (including phenoxy) is 2. The zero-order valence-electron chi connectivity index (χ0n) is 13.9. The second kappa shape index (κ2) is 7.29. The largest absolute Gasteiger partial charge is 0.375 e. The van der Waals surface area contributed by atoms with Crippen molar-refractivity contribution in [3.05, 3.63) is 30.1 Å². The Balaban J connectivity index is 1.34. The molecule has 0 aromatic carbocycles. The summed E-state index contributed by atoms with van der Waals surface area (Å²) >= 11 is 0. The minimum atomic E-state index is 0.258. The lowest BCUT2D eigenvalue weighted by atomic mass is 10.1. The van der Waals surface area contributed by atoms with Gasteiger partial charge < -0.3 is 9.47 Å². The first-order chi connectivity index (χ1) is 11.4. The van der Waals surface area contributed by atoms with Gasteiger partial charge in [-0.1, -0.05) is 18.9 Å². The molecule has 1 aromatic rings. The number of nitrogens with zero attached hydrogens (tertiary/aromatic N) is 2. The van der Waals surface area contributed by atoms with Crippen molar-refractivity contribution < 1.29 is 9.47 Å². The van der Waals surface area contributed by atoms with E-state index in [4.69, 9.17) is 9.47 Å². The molecule has 0 radical (unpaired) electrons. The Morgan fingerprint density at radius 1 is 1.17 bits per heavy atom. The lowest BCUT2D eigenvalue weighted by molar-refractivity contribution is -0.119. The van der Waals surface area contributed by atoms with E-state index in [1.54, 1.807) is 0 Å². The highest BCUT2D eigenvalue weighted by Gasteiger charge is 2.43. The van der Waals surface area contributed by atoms with Crippen LogP contribution in [0, 0.1) is 5.92 Å². The van der Waals surface area contributed by atoms with Gasteiger partial charge in [0.05, 0.1) is 24.5 Å². The third-order valence-corrected chi connectivity index (χ3v) is 5.76. The number of rotatable bonds is 5. The van der Waals surface area contributed by atoms with Gasteiger partial charge in [0.1, 0.15) is 0 Å². The maximum atomic E-state index is 6.29. The Morgan fingerprint density at radius 3 is 2.91 bits per heavy atom. The molecule has 1 saturated heterocycles.